The summed E-state index contributed by atoms with van der Waals surface area (Å²) in [6, 6.07) is 0. The zero-order valence-corrected chi connectivity index (χ0v) is 12.4. The standard InChI is InChI=1S/2Ca.H2O.2O.V.Y.4H/h;;1H2;;;;;;;;/q2*+2;;;;+1;;4*-1/p-1. The van der Waals surface area contributed by atoms with Crippen molar-refractivity contribution in [2.75, 3.05) is 0 Å². The first-order valence-corrected chi connectivity index (χ1v) is 2.33. The molecule has 0 unspecified atom stereocenters. The van der Waals surface area contributed by atoms with Crippen LogP contribution in [0.1, 0.15) is 5.71 Å². The summed E-state index contributed by atoms with van der Waals surface area (Å²) in [5, 5.41) is 0. The van der Waals surface area contributed by atoms with Crippen molar-refractivity contribution in [1.82, 2.24) is 0 Å². The summed E-state index contributed by atoms with van der Waals surface area (Å²) in [6.07, 6.45) is 0. The molecule has 1 N–H and O–H groups in total. The molecule has 3 nitrogen and oxygen atoms in total. The number of hydrogen-bond acceptors (Lipinski definition) is 2. The normalized spacial score (nSPS) is 3.57. The average molecular weight is 273 g/mol. The molecule has 35 valence electrons. The maximum atomic E-state index is 8.67. The minimum atomic E-state index is -3.69. The van der Waals surface area contributed by atoms with E-state index in [1.54, 1.807) is 0 Å². The maximum Gasteiger partial charge on any atom is 0 e. The molecule has 0 aliphatic rings. The van der Waals surface area contributed by atoms with Crippen LogP contribution in [0.5, 0.6) is 0 Å². The first-order chi connectivity index (χ1) is 1.73. The van der Waals surface area contributed by atoms with Crippen molar-refractivity contribution in [2.24, 2.45) is 0 Å². The van der Waals surface area contributed by atoms with Crippen LogP contribution in [-0.4, -0.2) is 79.5 Å². The van der Waals surface area contributed by atoms with E-state index in [1.807, 2.05) is 0 Å². The Morgan fingerprint density at radius 2 is 1.29 bits per heavy atom. The van der Waals surface area contributed by atoms with Crippen LogP contribution in [0, 0.1) is 0 Å². The smallest absolute Gasteiger partial charge is 0 e. The Hall–Kier alpha value is 3.77. The molecule has 0 amide bonds. The molecule has 0 aromatic heterocycles. The van der Waals surface area contributed by atoms with E-state index in [1.165, 1.54) is 0 Å². The van der Waals surface area contributed by atoms with E-state index in [0.717, 1.165) is 0 Å². The van der Waals surface area contributed by atoms with Gasteiger partial charge in [0.1, 0.15) is 0 Å². The minimum absolute atomic E-state index is 0. The van der Waals surface area contributed by atoms with E-state index < -0.39 is 15.4 Å². The Labute approximate surface area is 137 Å². The van der Waals surface area contributed by atoms with Gasteiger partial charge in [-0.15, -0.1) is 0 Å². The van der Waals surface area contributed by atoms with Crippen LogP contribution in [-0.2, 0) is 55.5 Å². The number of hydrogen-bond donors (Lipinski definition) is 1. The Balaban J connectivity index is -0.00000000214. The molecular formula is H5Ca2O3VY. The van der Waals surface area contributed by atoms with Gasteiger partial charge < -0.3 is 5.71 Å². The SMILES string of the molecule is [Ca+2].[Ca+2].[H-].[H-].[H-].[H-].[O]=[V](=[O])[OH].[Y]. The molecule has 0 fully saturated rings. The topological polar surface area (TPSA) is 54.4 Å². The van der Waals surface area contributed by atoms with Crippen molar-refractivity contribution >= 4 is 75.5 Å². The summed E-state index contributed by atoms with van der Waals surface area (Å²) in [4.78, 5) is 0. The van der Waals surface area contributed by atoms with Crippen LogP contribution in [0.4, 0.5) is 0 Å². The molecule has 0 aromatic rings. The molecule has 0 aliphatic heterocycles. The summed E-state index contributed by atoms with van der Waals surface area (Å²) in [5.74, 6) is 0. The predicted octanol–water partition coefficient (Wildman–Crippen LogP) is -1.11. The van der Waals surface area contributed by atoms with E-state index >= 15 is 0 Å². The van der Waals surface area contributed by atoms with E-state index in [0.29, 0.717) is 0 Å². The zero-order valence-electron chi connectivity index (χ0n) is 7.70. The second-order valence-electron chi connectivity index (χ2n) is 0.238. The fraction of sp³-hybridized carbons (Fsp3) is 0. The number of rotatable bonds is 0. The molecule has 1 radical (unpaired) electrons. The van der Waals surface area contributed by atoms with Gasteiger partial charge in [-0.25, -0.2) is 0 Å². The summed E-state index contributed by atoms with van der Waals surface area (Å²) in [7, 11) is 0. The molecule has 7 heteroatoms. The largest absolute Gasteiger partial charge is 0 e. The second kappa shape index (κ2) is 16.4. The maximum absolute atomic E-state index is 8.67. The van der Waals surface area contributed by atoms with E-state index in [2.05, 4.69) is 0 Å². The van der Waals surface area contributed by atoms with E-state index in [4.69, 9.17) is 11.4 Å². The van der Waals surface area contributed by atoms with Crippen molar-refractivity contribution in [1.29, 1.82) is 0 Å². The van der Waals surface area contributed by atoms with Crippen molar-refractivity contribution < 1.29 is 65.2 Å². The summed E-state index contributed by atoms with van der Waals surface area (Å²) in [5.41, 5.74) is 0. The van der Waals surface area contributed by atoms with Gasteiger partial charge in [-0.05, 0) is 0 Å². The second-order valence-corrected chi connectivity index (χ2v) is 0.981. The zero-order chi connectivity index (χ0) is 3.58. The molecule has 0 spiro atoms. The average Bonchev–Trinajstić information content (AvgIpc) is 0.811. The first kappa shape index (κ1) is 22.4. The molecule has 0 saturated heterocycles. The van der Waals surface area contributed by atoms with Crippen molar-refractivity contribution in [3.63, 3.8) is 0 Å². The van der Waals surface area contributed by atoms with Crippen LogP contribution in [0.3, 0.4) is 0 Å². The monoisotopic (exact) mass is 273 g/mol. The van der Waals surface area contributed by atoms with Gasteiger partial charge in [0.2, 0.25) is 0 Å². The summed E-state index contributed by atoms with van der Waals surface area (Å²) in [6.45, 7) is 0. The van der Waals surface area contributed by atoms with Gasteiger partial charge in [0.05, 0.1) is 0 Å². The molecule has 7 heavy (non-hydrogen) atoms. The van der Waals surface area contributed by atoms with E-state index in [9.17, 15) is 0 Å². The van der Waals surface area contributed by atoms with Crippen LogP contribution in [0.15, 0.2) is 0 Å². The van der Waals surface area contributed by atoms with Crippen LogP contribution < -0.4 is 0 Å². The molecule has 0 bridgehead atoms. The van der Waals surface area contributed by atoms with Gasteiger partial charge in [0.15, 0.2) is 0 Å². The summed E-state index contributed by atoms with van der Waals surface area (Å²) < 4.78 is 24.4. The van der Waals surface area contributed by atoms with Crippen LogP contribution in [0.25, 0.3) is 0 Å². The Bertz CT molecular complexity index is 71.7. The Morgan fingerprint density at radius 3 is 1.29 bits per heavy atom. The van der Waals surface area contributed by atoms with Gasteiger partial charge in [0, 0.05) is 32.7 Å². The Kier molecular flexibility index (Phi) is 52.5. The third-order valence-electron chi connectivity index (χ3n) is 0. The molecule has 0 aliphatic carbocycles. The van der Waals surface area contributed by atoms with Gasteiger partial charge in [0.25, 0.3) is 0 Å². The van der Waals surface area contributed by atoms with Crippen molar-refractivity contribution in [3.8, 4) is 0 Å². The van der Waals surface area contributed by atoms with Gasteiger partial charge in [-0.3, -0.25) is 0 Å². The molecule has 0 rings (SSSR count). The third kappa shape index (κ3) is 41.5. The van der Waals surface area contributed by atoms with Crippen molar-refractivity contribution in [3.05, 3.63) is 0 Å². The minimum Gasteiger partial charge on any atom is 0 e. The third-order valence-corrected chi connectivity index (χ3v) is 0. The van der Waals surface area contributed by atoms with E-state index in [-0.39, 0.29) is 114 Å². The fourth-order valence-electron chi connectivity index (χ4n) is 0. The predicted molar refractivity (Wildman–Crippen MR) is 19.5 cm³/mol. The van der Waals surface area contributed by atoms with Crippen LogP contribution >= 0.6 is 0 Å². The molecule has 0 aromatic carbocycles. The fourth-order valence-corrected chi connectivity index (χ4v) is 0. The first-order valence-electron chi connectivity index (χ1n) is 0.565. The van der Waals surface area contributed by atoms with Gasteiger partial charge in [-0.1, -0.05) is 0 Å². The summed E-state index contributed by atoms with van der Waals surface area (Å²) >= 11 is -3.69. The molecule has 0 saturated carbocycles. The van der Waals surface area contributed by atoms with Crippen LogP contribution in [0.2, 0.25) is 0 Å². The Morgan fingerprint density at radius 1 is 1.29 bits per heavy atom. The van der Waals surface area contributed by atoms with Gasteiger partial charge in [-0.2, -0.15) is 0 Å². The molecular weight excluding hydrogens is 268 g/mol. The van der Waals surface area contributed by atoms with Crippen molar-refractivity contribution in [2.45, 2.75) is 0 Å². The molecule has 0 atom stereocenters. The molecule has 0 heterocycles. The quantitative estimate of drug-likeness (QED) is 0.569. The van der Waals surface area contributed by atoms with Gasteiger partial charge >= 0.3 is 102 Å².